The molecule has 3 aromatic heterocycles. The summed E-state index contributed by atoms with van der Waals surface area (Å²) in [4.78, 5) is 26.0. The molecule has 0 saturated carbocycles. The first-order valence-corrected chi connectivity index (χ1v) is 12.3. The summed E-state index contributed by atoms with van der Waals surface area (Å²) in [6, 6.07) is 9.70. The Kier molecular flexibility index (Phi) is 6.91. The fourth-order valence-corrected chi connectivity index (χ4v) is 5.04. The first-order chi connectivity index (χ1) is 16.6. The van der Waals surface area contributed by atoms with Crippen LogP contribution in [0.1, 0.15) is 24.1 Å². The van der Waals surface area contributed by atoms with Gasteiger partial charge in [0, 0.05) is 31.3 Å². The van der Waals surface area contributed by atoms with Gasteiger partial charge in [0.05, 0.1) is 53.3 Å². The number of rotatable bonds is 7. The highest BCUT2D eigenvalue weighted by atomic mass is 32.2. The van der Waals surface area contributed by atoms with E-state index in [1.54, 1.807) is 19.4 Å². The molecule has 2 aliphatic rings. The van der Waals surface area contributed by atoms with Crippen molar-refractivity contribution in [3.05, 3.63) is 47.8 Å². The van der Waals surface area contributed by atoms with Crippen LogP contribution in [0, 0.1) is 0 Å². The Bertz CT molecular complexity index is 1190. The molecular weight excluding hydrogens is 454 g/mol. The van der Waals surface area contributed by atoms with Crippen LogP contribution in [0.3, 0.4) is 0 Å². The van der Waals surface area contributed by atoms with Gasteiger partial charge in [-0.3, -0.25) is 9.78 Å². The number of aliphatic hydroxyl groups excluding tert-OH is 1. The molecular formula is C24H27N5O4S. The van der Waals surface area contributed by atoms with Crippen LogP contribution in [0.2, 0.25) is 0 Å². The number of hydrogen-bond acceptors (Lipinski definition) is 9. The standard InChI is InChI=1S/C24H27N5O4S/c1-32-22-7-4-17-23(29-22)14(8-9-25-17)10-18(30)19-5-2-16(12-33-19)26-11-15-3-6-20-24(27-15)28-21(31)13-34-20/h3-4,6-9,16,18-19,26,30H,2,5,10-13H2,1H3,(H,27,28,31)/t16-,18+,19+/m1/s1. The first-order valence-electron chi connectivity index (χ1n) is 11.3. The number of carbonyl (C=O) groups excluding carboxylic acids is 1. The highest BCUT2D eigenvalue weighted by Gasteiger charge is 2.28. The van der Waals surface area contributed by atoms with Gasteiger partial charge in [-0.15, -0.1) is 11.8 Å². The van der Waals surface area contributed by atoms with Gasteiger partial charge in [-0.2, -0.15) is 0 Å². The van der Waals surface area contributed by atoms with Crippen molar-refractivity contribution in [2.24, 2.45) is 0 Å². The second-order valence-corrected chi connectivity index (χ2v) is 9.49. The van der Waals surface area contributed by atoms with E-state index in [9.17, 15) is 9.90 Å². The molecule has 1 fully saturated rings. The summed E-state index contributed by atoms with van der Waals surface area (Å²) in [6.07, 6.45) is 2.94. The lowest BCUT2D eigenvalue weighted by molar-refractivity contribution is -0.113. The number of pyridine rings is 3. The van der Waals surface area contributed by atoms with Crippen molar-refractivity contribution in [2.45, 2.75) is 49.0 Å². The Morgan fingerprint density at radius 3 is 3.00 bits per heavy atom. The summed E-state index contributed by atoms with van der Waals surface area (Å²) in [7, 11) is 1.58. The zero-order valence-electron chi connectivity index (χ0n) is 18.9. The highest BCUT2D eigenvalue weighted by molar-refractivity contribution is 8.00. The van der Waals surface area contributed by atoms with Gasteiger partial charge in [0.25, 0.3) is 0 Å². The van der Waals surface area contributed by atoms with Crippen LogP contribution in [-0.2, 0) is 22.5 Å². The lowest BCUT2D eigenvalue weighted by Crippen LogP contribution is -2.44. The van der Waals surface area contributed by atoms with Crippen LogP contribution < -0.4 is 15.4 Å². The number of fused-ring (bicyclic) bond motifs is 2. The summed E-state index contributed by atoms with van der Waals surface area (Å²) in [5.41, 5.74) is 3.30. The third-order valence-corrected chi connectivity index (χ3v) is 7.17. The number of amides is 1. The molecule has 3 atom stereocenters. The van der Waals surface area contributed by atoms with E-state index >= 15 is 0 Å². The number of methoxy groups -OCH3 is 1. The minimum Gasteiger partial charge on any atom is -0.481 e. The quantitative estimate of drug-likeness (QED) is 0.467. The zero-order chi connectivity index (χ0) is 23.5. The third-order valence-electron chi connectivity index (χ3n) is 6.12. The van der Waals surface area contributed by atoms with Gasteiger partial charge in [-0.25, -0.2) is 9.97 Å². The topological polar surface area (TPSA) is 118 Å². The number of carbonyl (C=O) groups is 1. The van der Waals surface area contributed by atoms with Crippen molar-refractivity contribution in [2.75, 3.05) is 24.8 Å². The highest BCUT2D eigenvalue weighted by Crippen LogP contribution is 2.30. The predicted octanol–water partition coefficient (Wildman–Crippen LogP) is 2.32. The minimum absolute atomic E-state index is 0.0185. The van der Waals surface area contributed by atoms with Gasteiger partial charge in [0.1, 0.15) is 5.82 Å². The van der Waals surface area contributed by atoms with E-state index in [2.05, 4.69) is 25.6 Å². The third kappa shape index (κ3) is 5.15. The molecule has 3 N–H and O–H groups in total. The molecule has 3 aromatic rings. The smallest absolute Gasteiger partial charge is 0.235 e. The van der Waals surface area contributed by atoms with Crippen molar-refractivity contribution >= 4 is 34.5 Å². The molecule has 0 aromatic carbocycles. The van der Waals surface area contributed by atoms with Crippen molar-refractivity contribution in [1.29, 1.82) is 0 Å². The second kappa shape index (κ2) is 10.2. The Labute approximate surface area is 201 Å². The van der Waals surface area contributed by atoms with Crippen LogP contribution in [0.4, 0.5) is 5.82 Å². The number of aliphatic hydroxyl groups is 1. The number of nitrogens with zero attached hydrogens (tertiary/aromatic N) is 3. The molecule has 0 unspecified atom stereocenters. The van der Waals surface area contributed by atoms with Crippen LogP contribution in [0.15, 0.2) is 41.4 Å². The molecule has 9 nitrogen and oxygen atoms in total. The van der Waals surface area contributed by atoms with E-state index in [1.807, 2.05) is 24.3 Å². The SMILES string of the molecule is COc1ccc2nccc(C[C@H](O)[C@@H]3CC[C@@H](NCc4ccc5c(n4)NC(=O)CS5)CO3)c2n1. The number of thioether (sulfide) groups is 1. The number of aromatic nitrogens is 3. The summed E-state index contributed by atoms with van der Waals surface area (Å²) >= 11 is 1.51. The predicted molar refractivity (Wildman–Crippen MR) is 129 cm³/mol. The summed E-state index contributed by atoms with van der Waals surface area (Å²) in [6.45, 7) is 1.11. The van der Waals surface area contributed by atoms with E-state index in [-0.39, 0.29) is 18.1 Å². The minimum atomic E-state index is -0.636. The fraction of sp³-hybridized carbons (Fsp3) is 0.417. The molecule has 0 radical (unpaired) electrons. The molecule has 0 aliphatic carbocycles. The van der Waals surface area contributed by atoms with Crippen LogP contribution in [0.25, 0.3) is 11.0 Å². The summed E-state index contributed by atoms with van der Waals surface area (Å²) in [5.74, 6) is 1.57. The maximum absolute atomic E-state index is 11.6. The summed E-state index contributed by atoms with van der Waals surface area (Å²) in [5, 5.41) is 17.2. The zero-order valence-corrected chi connectivity index (χ0v) is 19.7. The van der Waals surface area contributed by atoms with Gasteiger partial charge in [-0.1, -0.05) is 0 Å². The molecule has 0 spiro atoms. The van der Waals surface area contributed by atoms with Crippen molar-refractivity contribution in [3.63, 3.8) is 0 Å². The van der Waals surface area contributed by atoms with Gasteiger partial charge in [0.2, 0.25) is 11.8 Å². The fourth-order valence-electron chi connectivity index (χ4n) is 4.28. The molecule has 5 heterocycles. The Morgan fingerprint density at radius 2 is 2.18 bits per heavy atom. The average molecular weight is 482 g/mol. The monoisotopic (exact) mass is 481 g/mol. The maximum Gasteiger partial charge on any atom is 0.235 e. The number of nitrogens with one attached hydrogen (secondary N) is 2. The Balaban J connectivity index is 1.14. The molecule has 0 bridgehead atoms. The van der Waals surface area contributed by atoms with E-state index < -0.39 is 6.10 Å². The second-order valence-electron chi connectivity index (χ2n) is 8.48. The lowest BCUT2D eigenvalue weighted by atomic mass is 9.96. The molecule has 5 rings (SSSR count). The molecule has 1 amide bonds. The molecule has 1 saturated heterocycles. The van der Waals surface area contributed by atoms with Gasteiger partial charge in [0.15, 0.2) is 0 Å². The number of hydrogen-bond donors (Lipinski definition) is 3. The van der Waals surface area contributed by atoms with Crippen LogP contribution in [-0.4, -0.2) is 63.7 Å². The normalized spacial score (nSPS) is 21.1. The van der Waals surface area contributed by atoms with E-state index in [0.29, 0.717) is 37.0 Å². The molecule has 10 heteroatoms. The van der Waals surface area contributed by atoms with Crippen molar-refractivity contribution < 1.29 is 19.4 Å². The first kappa shape index (κ1) is 23.0. The number of anilines is 1. The number of ether oxygens (including phenoxy) is 2. The largest absolute Gasteiger partial charge is 0.481 e. The van der Waals surface area contributed by atoms with Gasteiger partial charge < -0.3 is 25.2 Å². The van der Waals surface area contributed by atoms with E-state index in [4.69, 9.17) is 9.47 Å². The Morgan fingerprint density at radius 1 is 1.26 bits per heavy atom. The molecule has 178 valence electrons. The summed E-state index contributed by atoms with van der Waals surface area (Å²) < 4.78 is 11.3. The van der Waals surface area contributed by atoms with Gasteiger partial charge in [-0.05, 0) is 42.7 Å². The van der Waals surface area contributed by atoms with Crippen molar-refractivity contribution in [3.8, 4) is 5.88 Å². The lowest BCUT2D eigenvalue weighted by Gasteiger charge is -2.32. The van der Waals surface area contributed by atoms with E-state index in [0.717, 1.165) is 40.0 Å². The molecule has 34 heavy (non-hydrogen) atoms. The van der Waals surface area contributed by atoms with Crippen LogP contribution >= 0.6 is 11.8 Å². The molecule has 2 aliphatic heterocycles. The van der Waals surface area contributed by atoms with Crippen molar-refractivity contribution in [1.82, 2.24) is 20.3 Å². The average Bonchev–Trinajstić information content (AvgIpc) is 2.87. The van der Waals surface area contributed by atoms with Crippen LogP contribution in [0.5, 0.6) is 5.88 Å². The maximum atomic E-state index is 11.6. The van der Waals surface area contributed by atoms with Gasteiger partial charge >= 0.3 is 0 Å². The van der Waals surface area contributed by atoms with E-state index in [1.165, 1.54) is 11.8 Å². The Hall–Kier alpha value is -2.79.